The summed E-state index contributed by atoms with van der Waals surface area (Å²) in [4.78, 5) is 0. The molecule has 112 valence electrons. The molecule has 0 amide bonds. The largest absolute Gasteiger partial charge is 0.490 e. The normalized spacial score (nSPS) is 21.4. The molecule has 2 N–H and O–H groups in total. The molecule has 20 heavy (non-hydrogen) atoms. The van der Waals surface area contributed by atoms with Crippen LogP contribution in [0.2, 0.25) is 0 Å². The lowest BCUT2D eigenvalue weighted by Crippen LogP contribution is -2.38. The maximum atomic E-state index is 10.3. The molecule has 0 spiro atoms. The third-order valence-electron chi connectivity index (χ3n) is 4.58. The van der Waals surface area contributed by atoms with Gasteiger partial charge in [-0.25, -0.2) is 0 Å². The number of hydrogen-bond acceptors (Lipinski definition) is 3. The van der Waals surface area contributed by atoms with Gasteiger partial charge in [0.2, 0.25) is 0 Å². The Kier molecular flexibility index (Phi) is 4.71. The lowest BCUT2D eigenvalue weighted by molar-refractivity contribution is -0.0269. The second-order valence-corrected chi connectivity index (χ2v) is 6.36. The van der Waals surface area contributed by atoms with E-state index in [1.807, 2.05) is 40.0 Å². The van der Waals surface area contributed by atoms with Crippen molar-refractivity contribution in [2.24, 2.45) is 5.92 Å². The van der Waals surface area contributed by atoms with Crippen LogP contribution in [0.1, 0.15) is 50.8 Å². The maximum Gasteiger partial charge on any atom is 0.122 e. The van der Waals surface area contributed by atoms with Crippen LogP contribution in [-0.4, -0.2) is 24.4 Å². The van der Waals surface area contributed by atoms with E-state index in [0.717, 1.165) is 12.2 Å². The quantitative estimate of drug-likeness (QED) is 0.869. The molecule has 3 heteroatoms. The average molecular weight is 277 g/mol. The fourth-order valence-electron chi connectivity index (χ4n) is 2.64. The summed E-state index contributed by atoms with van der Waals surface area (Å²) in [6.45, 7) is 6.20. The predicted molar refractivity (Wildman–Crippen MR) is 82.1 cm³/mol. The number of nitrogens with one attached hydrogen (secondary N) is 1. The summed E-state index contributed by atoms with van der Waals surface area (Å²) in [5.41, 5.74) is 1.86. The van der Waals surface area contributed by atoms with E-state index in [1.54, 1.807) is 0 Å². The summed E-state index contributed by atoms with van der Waals surface area (Å²) in [6, 6.07) is 6.68. The first-order chi connectivity index (χ1) is 9.45. The molecule has 0 saturated carbocycles. The van der Waals surface area contributed by atoms with E-state index < -0.39 is 5.60 Å². The number of fused-ring (bicyclic) bond motifs is 1. The van der Waals surface area contributed by atoms with Crippen LogP contribution in [0.5, 0.6) is 5.75 Å². The first-order valence-electron chi connectivity index (χ1n) is 7.60. The molecule has 0 bridgehead atoms. The predicted octanol–water partition coefficient (Wildman–Crippen LogP) is 3.07. The fourth-order valence-corrected chi connectivity index (χ4v) is 2.64. The minimum Gasteiger partial charge on any atom is -0.490 e. The molecule has 1 aromatic carbocycles. The van der Waals surface area contributed by atoms with Crippen molar-refractivity contribution >= 4 is 0 Å². The summed E-state index contributed by atoms with van der Waals surface area (Å²) in [5, 5.41) is 13.7. The van der Waals surface area contributed by atoms with E-state index in [4.69, 9.17) is 4.74 Å². The molecule has 0 radical (unpaired) electrons. The lowest BCUT2D eigenvalue weighted by atomic mass is 9.87. The molecular weight excluding hydrogens is 250 g/mol. The van der Waals surface area contributed by atoms with Gasteiger partial charge in [-0.1, -0.05) is 26.0 Å². The molecule has 0 aliphatic heterocycles. The van der Waals surface area contributed by atoms with Crippen molar-refractivity contribution in [1.82, 2.24) is 5.32 Å². The zero-order chi connectivity index (χ0) is 14.8. The summed E-state index contributed by atoms with van der Waals surface area (Å²) >= 11 is 0. The van der Waals surface area contributed by atoms with Crippen molar-refractivity contribution in [3.8, 4) is 5.75 Å². The van der Waals surface area contributed by atoms with Gasteiger partial charge >= 0.3 is 0 Å². The van der Waals surface area contributed by atoms with Crippen molar-refractivity contribution in [1.29, 1.82) is 0 Å². The topological polar surface area (TPSA) is 41.5 Å². The SMILES string of the molecule is CNC1CCCc2c(OCC(C)(O)C(C)C)cccc21. The Bertz CT molecular complexity index is 454. The molecule has 1 aliphatic rings. The molecule has 2 unspecified atom stereocenters. The summed E-state index contributed by atoms with van der Waals surface area (Å²) in [6.07, 6.45) is 3.42. The summed E-state index contributed by atoms with van der Waals surface area (Å²) < 4.78 is 5.95. The molecule has 0 aromatic heterocycles. The second kappa shape index (κ2) is 6.15. The van der Waals surface area contributed by atoms with Crippen LogP contribution in [0, 0.1) is 5.92 Å². The summed E-state index contributed by atoms with van der Waals surface area (Å²) in [7, 11) is 2.01. The van der Waals surface area contributed by atoms with Crippen LogP contribution < -0.4 is 10.1 Å². The van der Waals surface area contributed by atoms with E-state index in [-0.39, 0.29) is 5.92 Å². The monoisotopic (exact) mass is 277 g/mol. The first-order valence-corrected chi connectivity index (χ1v) is 7.60. The van der Waals surface area contributed by atoms with Gasteiger partial charge in [0.1, 0.15) is 12.4 Å². The van der Waals surface area contributed by atoms with Gasteiger partial charge in [-0.2, -0.15) is 0 Å². The van der Waals surface area contributed by atoms with Crippen molar-refractivity contribution in [2.75, 3.05) is 13.7 Å². The number of rotatable bonds is 5. The maximum absolute atomic E-state index is 10.3. The third-order valence-corrected chi connectivity index (χ3v) is 4.58. The molecule has 1 aromatic rings. The molecule has 0 saturated heterocycles. The van der Waals surface area contributed by atoms with Gasteiger partial charge in [-0.3, -0.25) is 0 Å². The smallest absolute Gasteiger partial charge is 0.122 e. The lowest BCUT2D eigenvalue weighted by Gasteiger charge is -2.30. The van der Waals surface area contributed by atoms with Crippen molar-refractivity contribution in [2.45, 2.75) is 51.7 Å². The van der Waals surface area contributed by atoms with Gasteiger partial charge in [0.25, 0.3) is 0 Å². The highest BCUT2D eigenvalue weighted by molar-refractivity contribution is 5.43. The zero-order valence-electron chi connectivity index (χ0n) is 13.1. The Hall–Kier alpha value is -1.06. The third kappa shape index (κ3) is 3.15. The number of hydrogen-bond donors (Lipinski definition) is 2. The highest BCUT2D eigenvalue weighted by Crippen LogP contribution is 2.35. The molecule has 1 aliphatic carbocycles. The Balaban J connectivity index is 2.17. The van der Waals surface area contributed by atoms with Crippen LogP contribution in [0.3, 0.4) is 0 Å². The van der Waals surface area contributed by atoms with E-state index in [0.29, 0.717) is 12.6 Å². The molecule has 2 atom stereocenters. The van der Waals surface area contributed by atoms with Crippen LogP contribution in [-0.2, 0) is 6.42 Å². The van der Waals surface area contributed by atoms with Gasteiger partial charge < -0.3 is 15.2 Å². The standard InChI is InChI=1S/C17H27NO2/c1-12(2)17(3,19)11-20-16-10-6-7-13-14(16)8-5-9-15(13)18-4/h6-7,10,12,15,18-19H,5,8-9,11H2,1-4H3. The molecule has 0 fully saturated rings. The van der Waals surface area contributed by atoms with Gasteiger partial charge in [-0.05, 0) is 56.3 Å². The highest BCUT2D eigenvalue weighted by atomic mass is 16.5. The van der Waals surface area contributed by atoms with Crippen LogP contribution in [0.4, 0.5) is 0 Å². The Labute approximate surface area is 122 Å². The van der Waals surface area contributed by atoms with Crippen molar-refractivity contribution in [3.05, 3.63) is 29.3 Å². The number of ether oxygens (including phenoxy) is 1. The Morgan fingerprint density at radius 3 is 2.85 bits per heavy atom. The van der Waals surface area contributed by atoms with Crippen molar-refractivity contribution in [3.63, 3.8) is 0 Å². The van der Waals surface area contributed by atoms with Gasteiger partial charge in [0.15, 0.2) is 0 Å². The Morgan fingerprint density at radius 2 is 2.20 bits per heavy atom. The number of benzene rings is 1. The van der Waals surface area contributed by atoms with Gasteiger partial charge in [-0.15, -0.1) is 0 Å². The van der Waals surface area contributed by atoms with Crippen LogP contribution >= 0.6 is 0 Å². The summed E-state index contributed by atoms with van der Waals surface area (Å²) in [5.74, 6) is 1.11. The first kappa shape index (κ1) is 15.3. The zero-order valence-corrected chi connectivity index (χ0v) is 13.1. The average Bonchev–Trinajstić information content (AvgIpc) is 2.44. The second-order valence-electron chi connectivity index (χ2n) is 6.36. The molecular formula is C17H27NO2. The van der Waals surface area contributed by atoms with Crippen LogP contribution in [0.25, 0.3) is 0 Å². The van der Waals surface area contributed by atoms with Crippen molar-refractivity contribution < 1.29 is 9.84 Å². The van der Waals surface area contributed by atoms with E-state index in [9.17, 15) is 5.11 Å². The Morgan fingerprint density at radius 1 is 1.45 bits per heavy atom. The minimum atomic E-state index is -0.792. The van der Waals surface area contributed by atoms with E-state index in [1.165, 1.54) is 24.0 Å². The minimum absolute atomic E-state index is 0.173. The van der Waals surface area contributed by atoms with E-state index in [2.05, 4.69) is 11.4 Å². The number of aliphatic hydroxyl groups is 1. The van der Waals surface area contributed by atoms with E-state index >= 15 is 0 Å². The molecule has 3 nitrogen and oxygen atoms in total. The van der Waals surface area contributed by atoms with Crippen LogP contribution in [0.15, 0.2) is 18.2 Å². The molecule has 2 rings (SSSR count). The fraction of sp³-hybridized carbons (Fsp3) is 0.647. The molecule has 0 heterocycles. The van der Waals surface area contributed by atoms with Gasteiger partial charge in [0, 0.05) is 6.04 Å². The van der Waals surface area contributed by atoms with Gasteiger partial charge in [0.05, 0.1) is 5.60 Å². The highest BCUT2D eigenvalue weighted by Gasteiger charge is 2.27.